The second kappa shape index (κ2) is 10.5. The average molecular weight is 425 g/mol. The van der Waals surface area contributed by atoms with Crippen molar-refractivity contribution >= 4 is 17.6 Å². The zero-order chi connectivity index (χ0) is 22.4. The highest BCUT2D eigenvalue weighted by atomic mass is 16.1. The molecule has 7 nitrogen and oxygen atoms in total. The van der Waals surface area contributed by atoms with Crippen LogP contribution in [0.1, 0.15) is 55.1 Å². The van der Waals surface area contributed by atoms with Gasteiger partial charge in [-0.25, -0.2) is 0 Å². The molecule has 1 amide bonds. The Bertz CT molecular complexity index is 926. The average Bonchev–Trinajstić information content (AvgIpc) is 3.36. The van der Waals surface area contributed by atoms with Gasteiger partial charge in [-0.1, -0.05) is 25.0 Å². The van der Waals surface area contributed by atoms with Crippen LogP contribution in [-0.2, 0) is 24.8 Å². The van der Waals surface area contributed by atoms with Crippen molar-refractivity contribution in [3.63, 3.8) is 0 Å². The molecule has 31 heavy (non-hydrogen) atoms. The molecule has 7 heteroatoms. The number of guanidine groups is 1. The van der Waals surface area contributed by atoms with E-state index in [2.05, 4.69) is 52.9 Å². The number of aryl methyl sites for hydroxylation is 2. The summed E-state index contributed by atoms with van der Waals surface area (Å²) in [5, 5.41) is 14.4. The molecule has 1 saturated carbocycles. The summed E-state index contributed by atoms with van der Waals surface area (Å²) in [6.07, 6.45) is 5.21. The van der Waals surface area contributed by atoms with Gasteiger partial charge in [0.1, 0.15) is 0 Å². The SMILES string of the molecule is CN=C(NCc1cccc(NC(=O)C2CCCC2)c1)NC(C)Cc1c(C)nn(C)c1C. The molecule has 0 spiro atoms. The van der Waals surface area contributed by atoms with E-state index in [-0.39, 0.29) is 17.9 Å². The maximum atomic E-state index is 12.4. The highest BCUT2D eigenvalue weighted by Gasteiger charge is 2.22. The lowest BCUT2D eigenvalue weighted by atomic mass is 10.1. The summed E-state index contributed by atoms with van der Waals surface area (Å²) in [5.41, 5.74) is 5.51. The number of benzene rings is 1. The predicted octanol–water partition coefficient (Wildman–Crippen LogP) is 3.46. The first-order chi connectivity index (χ1) is 14.9. The van der Waals surface area contributed by atoms with Gasteiger partial charge in [0.2, 0.25) is 5.91 Å². The number of anilines is 1. The molecule has 0 saturated heterocycles. The van der Waals surface area contributed by atoms with Crippen LogP contribution in [0.25, 0.3) is 0 Å². The maximum Gasteiger partial charge on any atom is 0.227 e. The molecular formula is C24H36N6O. The largest absolute Gasteiger partial charge is 0.354 e. The van der Waals surface area contributed by atoms with Crippen molar-refractivity contribution in [2.75, 3.05) is 12.4 Å². The summed E-state index contributed by atoms with van der Waals surface area (Å²) in [4.78, 5) is 16.8. The maximum absolute atomic E-state index is 12.4. The Labute approximate surface area is 185 Å². The zero-order valence-corrected chi connectivity index (χ0v) is 19.5. The lowest BCUT2D eigenvalue weighted by Crippen LogP contribution is -2.42. The molecule has 1 aliphatic rings. The first-order valence-corrected chi connectivity index (χ1v) is 11.2. The van der Waals surface area contributed by atoms with Crippen LogP contribution >= 0.6 is 0 Å². The lowest BCUT2D eigenvalue weighted by molar-refractivity contribution is -0.119. The predicted molar refractivity (Wildman–Crippen MR) is 126 cm³/mol. The van der Waals surface area contributed by atoms with E-state index >= 15 is 0 Å². The summed E-state index contributed by atoms with van der Waals surface area (Å²) in [6.45, 7) is 6.94. The number of rotatable bonds is 7. The van der Waals surface area contributed by atoms with Crippen molar-refractivity contribution in [3.05, 3.63) is 46.8 Å². The van der Waals surface area contributed by atoms with E-state index < -0.39 is 0 Å². The zero-order valence-electron chi connectivity index (χ0n) is 19.5. The second-order valence-electron chi connectivity index (χ2n) is 8.62. The quantitative estimate of drug-likeness (QED) is 0.469. The van der Waals surface area contributed by atoms with Gasteiger partial charge in [-0.3, -0.25) is 14.5 Å². The number of carbonyl (C=O) groups is 1. The van der Waals surface area contributed by atoms with Crippen LogP contribution in [0.2, 0.25) is 0 Å². The molecule has 1 unspecified atom stereocenters. The van der Waals surface area contributed by atoms with Crippen LogP contribution < -0.4 is 16.0 Å². The number of carbonyl (C=O) groups excluding carboxylic acids is 1. The van der Waals surface area contributed by atoms with Gasteiger partial charge >= 0.3 is 0 Å². The van der Waals surface area contributed by atoms with E-state index in [9.17, 15) is 4.79 Å². The topological polar surface area (TPSA) is 83.3 Å². The third-order valence-electron chi connectivity index (χ3n) is 6.16. The Morgan fingerprint density at radius 3 is 2.68 bits per heavy atom. The highest BCUT2D eigenvalue weighted by molar-refractivity contribution is 5.92. The fraction of sp³-hybridized carbons (Fsp3) is 0.542. The Balaban J connectivity index is 1.52. The van der Waals surface area contributed by atoms with Crippen LogP contribution in [0, 0.1) is 19.8 Å². The van der Waals surface area contributed by atoms with E-state index in [1.807, 2.05) is 29.9 Å². The number of aromatic nitrogens is 2. The van der Waals surface area contributed by atoms with E-state index in [4.69, 9.17) is 0 Å². The molecule has 1 aromatic heterocycles. The summed E-state index contributed by atoms with van der Waals surface area (Å²) >= 11 is 0. The van der Waals surface area contributed by atoms with Crippen molar-refractivity contribution < 1.29 is 4.79 Å². The molecule has 1 fully saturated rings. The fourth-order valence-electron chi connectivity index (χ4n) is 4.28. The Morgan fingerprint density at radius 2 is 2.03 bits per heavy atom. The minimum absolute atomic E-state index is 0.148. The van der Waals surface area contributed by atoms with Gasteiger partial charge in [0, 0.05) is 44.0 Å². The van der Waals surface area contributed by atoms with E-state index in [0.717, 1.165) is 55.0 Å². The van der Waals surface area contributed by atoms with Crippen LogP contribution in [0.3, 0.4) is 0 Å². The van der Waals surface area contributed by atoms with Crippen molar-refractivity contribution in [3.8, 4) is 0 Å². The van der Waals surface area contributed by atoms with Crippen LogP contribution in [0.15, 0.2) is 29.3 Å². The fourth-order valence-corrected chi connectivity index (χ4v) is 4.28. The van der Waals surface area contributed by atoms with Crippen molar-refractivity contribution in [2.45, 2.75) is 65.5 Å². The van der Waals surface area contributed by atoms with Crippen LogP contribution in [0.4, 0.5) is 5.69 Å². The standard InChI is InChI=1S/C24H36N6O/c1-16(13-22-17(2)29-30(5)18(22)3)27-24(25-4)26-15-19-9-8-12-21(14-19)28-23(31)20-10-6-7-11-20/h8-9,12,14,16,20H,6-7,10-11,13,15H2,1-5H3,(H,28,31)(H2,25,26,27). The normalized spacial score (nSPS) is 15.7. The number of aliphatic imine (C=N–C) groups is 1. The molecule has 0 bridgehead atoms. The summed E-state index contributed by atoms with van der Waals surface area (Å²) in [5.74, 6) is 1.07. The van der Waals surface area contributed by atoms with Gasteiger partial charge in [0.05, 0.1) is 5.69 Å². The van der Waals surface area contributed by atoms with Crippen LogP contribution in [0.5, 0.6) is 0 Å². The minimum atomic E-state index is 0.148. The Morgan fingerprint density at radius 1 is 1.29 bits per heavy atom. The van der Waals surface area contributed by atoms with E-state index in [0.29, 0.717) is 6.54 Å². The monoisotopic (exact) mass is 424 g/mol. The molecule has 0 aliphatic heterocycles. The van der Waals surface area contributed by atoms with Gasteiger partial charge < -0.3 is 16.0 Å². The van der Waals surface area contributed by atoms with Gasteiger partial charge in [0.15, 0.2) is 5.96 Å². The molecule has 3 N–H and O–H groups in total. The smallest absolute Gasteiger partial charge is 0.227 e. The first-order valence-electron chi connectivity index (χ1n) is 11.2. The summed E-state index contributed by atoms with van der Waals surface area (Å²) in [6, 6.07) is 8.22. The number of amides is 1. The second-order valence-corrected chi connectivity index (χ2v) is 8.62. The Hall–Kier alpha value is -2.83. The third-order valence-corrected chi connectivity index (χ3v) is 6.16. The summed E-state index contributed by atoms with van der Waals surface area (Å²) < 4.78 is 1.93. The molecule has 1 heterocycles. The molecule has 0 radical (unpaired) electrons. The van der Waals surface area contributed by atoms with Gasteiger partial charge in [-0.15, -0.1) is 0 Å². The molecule has 1 aromatic carbocycles. The van der Waals surface area contributed by atoms with E-state index in [1.54, 1.807) is 7.05 Å². The van der Waals surface area contributed by atoms with E-state index in [1.165, 1.54) is 11.3 Å². The molecule has 1 atom stereocenters. The van der Waals surface area contributed by atoms with Gasteiger partial charge in [-0.05, 0) is 63.3 Å². The van der Waals surface area contributed by atoms with Gasteiger partial charge in [-0.2, -0.15) is 5.10 Å². The number of nitrogens with zero attached hydrogens (tertiary/aromatic N) is 3. The van der Waals surface area contributed by atoms with Crippen molar-refractivity contribution in [1.29, 1.82) is 0 Å². The highest BCUT2D eigenvalue weighted by Crippen LogP contribution is 2.26. The number of nitrogens with one attached hydrogen (secondary N) is 3. The number of hydrogen-bond acceptors (Lipinski definition) is 3. The minimum Gasteiger partial charge on any atom is -0.354 e. The summed E-state index contributed by atoms with van der Waals surface area (Å²) in [7, 11) is 3.76. The molecule has 3 rings (SSSR count). The molecule has 1 aliphatic carbocycles. The third kappa shape index (κ3) is 6.09. The lowest BCUT2D eigenvalue weighted by Gasteiger charge is -2.18. The van der Waals surface area contributed by atoms with Gasteiger partial charge in [0.25, 0.3) is 0 Å². The number of hydrogen-bond donors (Lipinski definition) is 3. The first kappa shape index (κ1) is 22.8. The van der Waals surface area contributed by atoms with Crippen LogP contribution in [-0.4, -0.2) is 34.7 Å². The molecule has 168 valence electrons. The van der Waals surface area contributed by atoms with Crippen molar-refractivity contribution in [1.82, 2.24) is 20.4 Å². The molecule has 2 aromatic rings. The Kier molecular flexibility index (Phi) is 7.71. The van der Waals surface area contributed by atoms with Crippen molar-refractivity contribution in [2.24, 2.45) is 18.0 Å². The molecular weight excluding hydrogens is 388 g/mol.